The lowest BCUT2D eigenvalue weighted by molar-refractivity contribution is -0.130. The molecule has 1 saturated heterocycles. The van der Waals surface area contributed by atoms with Gasteiger partial charge in [0.2, 0.25) is 5.91 Å². The third kappa shape index (κ3) is 5.81. The maximum atomic E-state index is 14.3. The van der Waals surface area contributed by atoms with Gasteiger partial charge >= 0.3 is 5.97 Å². The van der Waals surface area contributed by atoms with Crippen LogP contribution in [0.3, 0.4) is 0 Å². The lowest BCUT2D eigenvalue weighted by atomic mass is 10.0. The van der Waals surface area contributed by atoms with E-state index in [0.29, 0.717) is 25.1 Å². The number of hydrogen-bond acceptors (Lipinski definition) is 6. The molecule has 182 valence electrons. The van der Waals surface area contributed by atoms with Gasteiger partial charge in [-0.3, -0.25) is 9.59 Å². The number of benzene rings is 1. The molecule has 0 unspecified atom stereocenters. The van der Waals surface area contributed by atoms with Crippen molar-refractivity contribution in [2.24, 2.45) is 0 Å². The third-order valence-corrected chi connectivity index (χ3v) is 5.93. The van der Waals surface area contributed by atoms with Gasteiger partial charge in [0.05, 0.1) is 30.5 Å². The smallest absolute Gasteiger partial charge is 0.337 e. The van der Waals surface area contributed by atoms with Gasteiger partial charge in [-0.15, -0.1) is 0 Å². The van der Waals surface area contributed by atoms with Crippen LogP contribution < -0.4 is 5.32 Å². The van der Waals surface area contributed by atoms with Crippen LogP contribution in [-0.4, -0.2) is 72.1 Å². The van der Waals surface area contributed by atoms with E-state index in [1.54, 1.807) is 4.90 Å². The summed E-state index contributed by atoms with van der Waals surface area (Å²) in [7, 11) is 2.72. The highest BCUT2D eigenvalue weighted by molar-refractivity contribution is 6.30. The van der Waals surface area contributed by atoms with Crippen molar-refractivity contribution in [1.82, 2.24) is 20.2 Å². The molecule has 9 nitrogen and oxygen atoms in total. The van der Waals surface area contributed by atoms with Crippen molar-refractivity contribution in [2.45, 2.75) is 31.9 Å². The van der Waals surface area contributed by atoms with Crippen LogP contribution in [0.25, 0.3) is 6.08 Å². The zero-order chi connectivity index (χ0) is 24.8. The van der Waals surface area contributed by atoms with E-state index in [0.717, 1.165) is 6.07 Å². The summed E-state index contributed by atoms with van der Waals surface area (Å²) < 4.78 is 24.3. The number of halogens is 2. The highest BCUT2D eigenvalue weighted by atomic mass is 35.5. The molecular formula is C23H26ClFN4O5. The van der Waals surface area contributed by atoms with Crippen LogP contribution in [0, 0.1) is 5.82 Å². The van der Waals surface area contributed by atoms with Gasteiger partial charge in [-0.25, -0.2) is 14.2 Å². The maximum Gasteiger partial charge on any atom is 0.337 e. The largest absolute Gasteiger partial charge is 0.465 e. The van der Waals surface area contributed by atoms with Crippen molar-refractivity contribution in [3.05, 3.63) is 57.9 Å². The van der Waals surface area contributed by atoms with Crippen LogP contribution in [0.1, 0.15) is 45.6 Å². The quantitative estimate of drug-likeness (QED) is 0.453. The lowest BCUT2D eigenvalue weighted by Crippen LogP contribution is -2.55. The van der Waals surface area contributed by atoms with Gasteiger partial charge in [0, 0.05) is 31.8 Å². The number of nitrogens with zero attached hydrogens (tertiary/aromatic N) is 2. The SMILES string of the molecule is CCc1[nH]c(C(=O)N[C@@H]2CCN(C(=O)C=Cc3ccc(C(=O)OC)cc3F)C[C@@H]2OC)nc1Cl. The standard InChI is InChI=1S/C23H26ClFN4O5/c1-4-16-20(24)28-21(26-16)22(31)27-17-9-10-29(12-18(17)33-2)19(30)8-7-13-5-6-14(11-15(13)25)23(32)34-3/h5-8,11,17-18H,4,9-10,12H2,1-3H3,(H,26,28)(H,27,31)/t17-,18+/m1/s1. The molecule has 0 saturated carbocycles. The Morgan fingerprint density at radius 1 is 1.35 bits per heavy atom. The monoisotopic (exact) mass is 492 g/mol. The number of likely N-dealkylation sites (tertiary alicyclic amines) is 1. The summed E-state index contributed by atoms with van der Waals surface area (Å²) in [6.07, 6.45) is 3.25. The zero-order valence-electron chi connectivity index (χ0n) is 19.1. The number of aryl methyl sites for hydroxylation is 1. The van der Waals surface area contributed by atoms with Gasteiger partial charge in [-0.1, -0.05) is 24.6 Å². The Labute approximate surface area is 201 Å². The van der Waals surface area contributed by atoms with Gasteiger partial charge in [0.25, 0.3) is 5.91 Å². The van der Waals surface area contributed by atoms with Crippen LogP contribution in [0.4, 0.5) is 4.39 Å². The van der Waals surface area contributed by atoms with Gasteiger partial charge in [-0.2, -0.15) is 0 Å². The molecule has 0 radical (unpaired) electrons. The number of esters is 1. The summed E-state index contributed by atoms with van der Waals surface area (Å²) in [6, 6.07) is 3.54. The number of piperidine rings is 1. The Morgan fingerprint density at radius 2 is 2.12 bits per heavy atom. The fraction of sp³-hybridized carbons (Fsp3) is 0.391. The number of nitrogens with one attached hydrogen (secondary N) is 2. The summed E-state index contributed by atoms with van der Waals surface area (Å²) in [5.41, 5.74) is 0.923. The molecule has 1 aromatic heterocycles. The first-order valence-electron chi connectivity index (χ1n) is 10.7. The van der Waals surface area contributed by atoms with Gasteiger partial charge in [0.15, 0.2) is 11.0 Å². The molecule has 0 bridgehead atoms. The minimum absolute atomic E-state index is 0.0817. The fourth-order valence-electron chi connectivity index (χ4n) is 3.66. The van der Waals surface area contributed by atoms with Gasteiger partial charge in [0.1, 0.15) is 5.82 Å². The summed E-state index contributed by atoms with van der Waals surface area (Å²) in [5.74, 6) is -1.90. The Morgan fingerprint density at radius 3 is 2.74 bits per heavy atom. The van der Waals surface area contributed by atoms with E-state index in [9.17, 15) is 18.8 Å². The Hall–Kier alpha value is -3.24. The van der Waals surface area contributed by atoms with Crippen LogP contribution in [-0.2, 0) is 20.7 Å². The molecule has 0 aliphatic carbocycles. The molecule has 1 fully saturated rings. The number of aromatic amines is 1. The van der Waals surface area contributed by atoms with Crippen LogP contribution in [0.15, 0.2) is 24.3 Å². The van der Waals surface area contributed by atoms with Crippen molar-refractivity contribution in [2.75, 3.05) is 27.3 Å². The molecule has 2 heterocycles. The number of carbonyl (C=O) groups is 3. The first kappa shape index (κ1) is 25.4. The van der Waals surface area contributed by atoms with E-state index in [4.69, 9.17) is 16.3 Å². The number of carbonyl (C=O) groups excluding carboxylic acids is 3. The molecule has 2 atom stereocenters. The topological polar surface area (TPSA) is 114 Å². The molecule has 2 amide bonds. The van der Waals surface area contributed by atoms with E-state index in [2.05, 4.69) is 20.0 Å². The molecule has 1 aromatic carbocycles. The van der Waals surface area contributed by atoms with E-state index in [-0.39, 0.29) is 40.6 Å². The molecule has 34 heavy (non-hydrogen) atoms. The molecule has 2 N–H and O–H groups in total. The summed E-state index contributed by atoms with van der Waals surface area (Å²) >= 11 is 6.01. The molecule has 3 rings (SSSR count). The van der Waals surface area contributed by atoms with E-state index < -0.39 is 23.8 Å². The third-order valence-electron chi connectivity index (χ3n) is 5.61. The zero-order valence-corrected chi connectivity index (χ0v) is 19.8. The predicted octanol–water partition coefficient (Wildman–Crippen LogP) is 2.61. The number of methoxy groups -OCH3 is 2. The number of rotatable bonds is 7. The molecule has 11 heteroatoms. The minimum atomic E-state index is -0.646. The Balaban J connectivity index is 1.61. The highest BCUT2D eigenvalue weighted by Gasteiger charge is 2.32. The predicted molar refractivity (Wildman–Crippen MR) is 123 cm³/mol. The Bertz CT molecular complexity index is 1100. The maximum absolute atomic E-state index is 14.3. The van der Waals surface area contributed by atoms with Crippen LogP contribution in [0.5, 0.6) is 0 Å². The van der Waals surface area contributed by atoms with Crippen LogP contribution in [0.2, 0.25) is 5.15 Å². The first-order chi connectivity index (χ1) is 16.3. The van der Waals surface area contributed by atoms with Crippen molar-refractivity contribution >= 4 is 35.5 Å². The average molecular weight is 493 g/mol. The highest BCUT2D eigenvalue weighted by Crippen LogP contribution is 2.18. The van der Waals surface area contributed by atoms with Crippen molar-refractivity contribution in [1.29, 1.82) is 0 Å². The second-order valence-electron chi connectivity index (χ2n) is 7.70. The van der Waals surface area contributed by atoms with Crippen molar-refractivity contribution in [3.8, 4) is 0 Å². The molecule has 1 aliphatic rings. The van der Waals surface area contributed by atoms with E-state index in [1.165, 1.54) is 38.5 Å². The summed E-state index contributed by atoms with van der Waals surface area (Å²) in [4.78, 5) is 45.2. The number of aromatic nitrogens is 2. The number of ether oxygens (including phenoxy) is 2. The fourth-order valence-corrected chi connectivity index (χ4v) is 3.93. The van der Waals surface area contributed by atoms with Gasteiger partial charge < -0.3 is 24.7 Å². The second-order valence-corrected chi connectivity index (χ2v) is 8.05. The van der Waals surface area contributed by atoms with Crippen LogP contribution >= 0.6 is 11.6 Å². The lowest BCUT2D eigenvalue weighted by Gasteiger charge is -2.37. The summed E-state index contributed by atoms with van der Waals surface area (Å²) in [5, 5.41) is 3.15. The van der Waals surface area contributed by atoms with Crippen molar-refractivity contribution in [3.63, 3.8) is 0 Å². The normalized spacial score (nSPS) is 18.2. The average Bonchev–Trinajstić information content (AvgIpc) is 3.23. The number of hydrogen-bond donors (Lipinski definition) is 2. The number of H-pyrrole nitrogens is 1. The second kappa shape index (κ2) is 11.3. The molecule has 1 aliphatic heterocycles. The molecule has 0 spiro atoms. The van der Waals surface area contributed by atoms with E-state index in [1.807, 2.05) is 6.92 Å². The Kier molecular flexibility index (Phi) is 8.41. The molecule has 2 aromatic rings. The van der Waals surface area contributed by atoms with Gasteiger partial charge in [-0.05, 0) is 31.1 Å². The minimum Gasteiger partial charge on any atom is -0.465 e. The van der Waals surface area contributed by atoms with Crippen molar-refractivity contribution < 1.29 is 28.2 Å². The summed E-state index contributed by atoms with van der Waals surface area (Å²) in [6.45, 7) is 2.51. The first-order valence-corrected chi connectivity index (χ1v) is 11.1. The molecular weight excluding hydrogens is 467 g/mol. The number of amides is 2. The van der Waals surface area contributed by atoms with E-state index >= 15 is 0 Å². The number of imidazole rings is 1.